The average Bonchev–Trinajstić information content (AvgIpc) is 2.60. The Balaban J connectivity index is 0.00000162. The van der Waals surface area contributed by atoms with Crippen LogP contribution in [0, 0.1) is 0 Å². The van der Waals surface area contributed by atoms with Gasteiger partial charge in [0, 0.05) is 35.5 Å². The highest BCUT2D eigenvalue weighted by Gasteiger charge is 2.31. The van der Waals surface area contributed by atoms with Crippen LogP contribution in [0.1, 0.15) is 10.9 Å². The minimum absolute atomic E-state index is 0. The molecule has 0 spiro atoms. The van der Waals surface area contributed by atoms with Crippen molar-refractivity contribution in [3.8, 4) is 0 Å². The molecule has 1 aromatic rings. The summed E-state index contributed by atoms with van der Waals surface area (Å²) in [6, 6.07) is 0.998. The maximum atomic E-state index is 13.2. The Morgan fingerprint density at radius 3 is 2.21 bits per heavy atom. The van der Waals surface area contributed by atoms with Gasteiger partial charge in [0.15, 0.2) is 0 Å². The van der Waals surface area contributed by atoms with Gasteiger partial charge in [-0.2, -0.15) is 0 Å². The molecule has 1 atom stereocenters. The summed E-state index contributed by atoms with van der Waals surface area (Å²) < 4.78 is 28.2. The quantitative estimate of drug-likeness (QED) is 0.719. The third-order valence-electron chi connectivity index (χ3n) is 2.74. The first-order valence-electron chi connectivity index (χ1n) is 5.27. The number of alkyl halides is 2. The van der Waals surface area contributed by atoms with Crippen LogP contribution in [0.5, 0.6) is 0 Å². The van der Waals surface area contributed by atoms with Gasteiger partial charge in [0.25, 0.3) is 6.43 Å². The zero-order chi connectivity index (χ0) is 12.4. The molecule has 0 radical (unpaired) electrons. The summed E-state index contributed by atoms with van der Waals surface area (Å²) in [5, 5.41) is 3.17. The SMILES string of the molecule is Cl.Cl.FC(F)[C@@H](c1cc(Br)c(Br)s1)N1CCNCC1. The summed E-state index contributed by atoms with van der Waals surface area (Å²) >= 11 is 8.07. The van der Waals surface area contributed by atoms with Gasteiger partial charge in [-0.15, -0.1) is 36.2 Å². The standard InChI is InChI=1S/C10H12Br2F2N2S.2ClH/c11-6-5-7(17-9(6)12)8(10(13)14)16-3-1-15-2-4-16;;/h5,8,10,15H,1-4H2;2*1H/t8-;;/m1../s1. The minimum Gasteiger partial charge on any atom is -0.314 e. The van der Waals surface area contributed by atoms with Crippen LogP contribution in [0.2, 0.25) is 0 Å². The van der Waals surface area contributed by atoms with Gasteiger partial charge in [0.1, 0.15) is 6.04 Å². The fourth-order valence-electron chi connectivity index (χ4n) is 1.93. The predicted molar refractivity (Wildman–Crippen MR) is 87.4 cm³/mol. The zero-order valence-corrected chi connectivity index (χ0v) is 15.4. The Morgan fingerprint density at radius 1 is 1.21 bits per heavy atom. The molecule has 2 heterocycles. The molecule has 2 rings (SSSR count). The Bertz CT molecular complexity index is 370. The van der Waals surface area contributed by atoms with E-state index in [-0.39, 0.29) is 24.8 Å². The lowest BCUT2D eigenvalue weighted by atomic mass is 10.2. The molecule has 1 fully saturated rings. The van der Waals surface area contributed by atoms with Gasteiger partial charge in [-0.05, 0) is 37.9 Å². The normalized spacial score (nSPS) is 17.7. The zero-order valence-electron chi connectivity index (χ0n) is 9.74. The van der Waals surface area contributed by atoms with Gasteiger partial charge in [0.2, 0.25) is 0 Å². The Labute approximate surface area is 144 Å². The summed E-state index contributed by atoms with van der Waals surface area (Å²) in [6.45, 7) is 2.89. The van der Waals surface area contributed by atoms with Crippen molar-refractivity contribution >= 4 is 68.0 Å². The number of nitrogens with one attached hydrogen (secondary N) is 1. The van der Waals surface area contributed by atoms with Gasteiger partial charge in [-0.1, -0.05) is 0 Å². The topological polar surface area (TPSA) is 15.3 Å². The van der Waals surface area contributed by atoms with Crippen LogP contribution in [-0.2, 0) is 0 Å². The van der Waals surface area contributed by atoms with Crippen molar-refractivity contribution in [2.75, 3.05) is 26.2 Å². The van der Waals surface area contributed by atoms with E-state index in [0.717, 1.165) is 21.3 Å². The lowest BCUT2D eigenvalue weighted by Crippen LogP contribution is -2.46. The van der Waals surface area contributed by atoms with Gasteiger partial charge >= 0.3 is 0 Å². The van der Waals surface area contributed by atoms with Crippen molar-refractivity contribution < 1.29 is 8.78 Å². The van der Waals surface area contributed by atoms with Gasteiger partial charge in [-0.3, -0.25) is 4.90 Å². The molecule has 0 aromatic carbocycles. The van der Waals surface area contributed by atoms with Gasteiger partial charge < -0.3 is 5.32 Å². The summed E-state index contributed by atoms with van der Waals surface area (Å²) in [7, 11) is 0. The first kappa shape index (κ1) is 20.0. The van der Waals surface area contributed by atoms with Gasteiger partial charge in [-0.25, -0.2) is 8.78 Å². The molecule has 0 aliphatic carbocycles. The largest absolute Gasteiger partial charge is 0.314 e. The number of hydrogen-bond acceptors (Lipinski definition) is 3. The van der Waals surface area contributed by atoms with Crippen molar-refractivity contribution in [2.24, 2.45) is 0 Å². The van der Waals surface area contributed by atoms with E-state index in [4.69, 9.17) is 0 Å². The molecule has 0 bridgehead atoms. The van der Waals surface area contributed by atoms with Crippen LogP contribution in [-0.4, -0.2) is 37.5 Å². The number of nitrogens with zero attached hydrogens (tertiary/aromatic N) is 1. The van der Waals surface area contributed by atoms with Crippen molar-refractivity contribution in [1.82, 2.24) is 10.2 Å². The predicted octanol–water partition coefficient (Wildman–Crippen LogP) is 4.33. The molecular weight excluding hydrogens is 449 g/mol. The number of thiophene rings is 1. The highest BCUT2D eigenvalue weighted by atomic mass is 79.9. The van der Waals surface area contributed by atoms with E-state index in [1.54, 1.807) is 6.07 Å². The van der Waals surface area contributed by atoms with Crippen molar-refractivity contribution in [3.63, 3.8) is 0 Å². The van der Waals surface area contributed by atoms with Crippen LogP contribution in [0.25, 0.3) is 0 Å². The Kier molecular flexibility index (Phi) is 9.61. The molecule has 1 N–H and O–H groups in total. The highest BCUT2D eigenvalue weighted by molar-refractivity contribution is 9.13. The van der Waals surface area contributed by atoms with Crippen LogP contribution < -0.4 is 5.32 Å². The molecule has 0 unspecified atom stereocenters. The second-order valence-electron chi connectivity index (χ2n) is 3.84. The second kappa shape index (κ2) is 9.12. The molecule has 112 valence electrons. The summed E-state index contributed by atoms with van der Waals surface area (Å²) in [4.78, 5) is 2.56. The molecule has 1 aliphatic rings. The van der Waals surface area contributed by atoms with E-state index in [1.807, 2.05) is 4.90 Å². The molecule has 1 aromatic heterocycles. The van der Waals surface area contributed by atoms with Crippen LogP contribution in [0.4, 0.5) is 8.78 Å². The molecule has 1 saturated heterocycles. The monoisotopic (exact) mass is 460 g/mol. The molecular formula is C10H14Br2Cl2F2N2S. The van der Waals surface area contributed by atoms with E-state index in [2.05, 4.69) is 37.2 Å². The summed E-state index contributed by atoms with van der Waals surface area (Å²) in [5.41, 5.74) is 0. The minimum atomic E-state index is -2.36. The molecule has 19 heavy (non-hydrogen) atoms. The number of halogens is 6. The van der Waals surface area contributed by atoms with Crippen molar-refractivity contribution in [3.05, 3.63) is 19.2 Å². The molecule has 9 heteroatoms. The van der Waals surface area contributed by atoms with Crippen LogP contribution in [0.15, 0.2) is 14.3 Å². The van der Waals surface area contributed by atoms with Crippen LogP contribution >= 0.6 is 68.0 Å². The second-order valence-corrected chi connectivity index (χ2v) is 7.09. The van der Waals surface area contributed by atoms with Crippen LogP contribution in [0.3, 0.4) is 0 Å². The number of hydrogen-bond donors (Lipinski definition) is 1. The maximum absolute atomic E-state index is 13.2. The average molecular weight is 463 g/mol. The first-order valence-corrected chi connectivity index (χ1v) is 7.67. The van der Waals surface area contributed by atoms with E-state index in [1.165, 1.54) is 11.3 Å². The lowest BCUT2D eigenvalue weighted by Gasteiger charge is -2.33. The van der Waals surface area contributed by atoms with Crippen molar-refractivity contribution in [2.45, 2.75) is 12.5 Å². The molecule has 0 amide bonds. The van der Waals surface area contributed by atoms with E-state index in [0.29, 0.717) is 18.0 Å². The Morgan fingerprint density at radius 2 is 1.79 bits per heavy atom. The number of rotatable bonds is 3. The maximum Gasteiger partial charge on any atom is 0.258 e. The first-order chi connectivity index (χ1) is 8.09. The fraction of sp³-hybridized carbons (Fsp3) is 0.600. The summed E-state index contributed by atoms with van der Waals surface area (Å²) in [6.07, 6.45) is -2.36. The lowest BCUT2D eigenvalue weighted by molar-refractivity contribution is 0.0200. The van der Waals surface area contributed by atoms with E-state index >= 15 is 0 Å². The molecule has 2 nitrogen and oxygen atoms in total. The molecule has 0 saturated carbocycles. The highest BCUT2D eigenvalue weighted by Crippen LogP contribution is 2.39. The Hall–Kier alpha value is 1.02. The smallest absolute Gasteiger partial charge is 0.258 e. The third-order valence-corrected chi connectivity index (χ3v) is 6.07. The molecule has 1 aliphatic heterocycles. The van der Waals surface area contributed by atoms with Gasteiger partial charge in [0.05, 0.1) is 3.79 Å². The fourth-order valence-corrected chi connectivity index (χ4v) is 4.16. The number of piperazine rings is 1. The summed E-state index contributed by atoms with van der Waals surface area (Å²) in [5.74, 6) is 0. The van der Waals surface area contributed by atoms with E-state index < -0.39 is 12.5 Å². The van der Waals surface area contributed by atoms with E-state index in [9.17, 15) is 8.78 Å². The third kappa shape index (κ3) is 5.05. The van der Waals surface area contributed by atoms with Crippen molar-refractivity contribution in [1.29, 1.82) is 0 Å².